The maximum Gasteiger partial charge on any atom is 0.165 e. The largest absolute Gasteiger partial charge is 0.454 e. The monoisotopic (exact) mass is 263 g/mol. The highest BCUT2D eigenvalue weighted by atomic mass is 19.1. The van der Waals surface area contributed by atoms with Gasteiger partial charge < -0.3 is 10.1 Å². The Bertz CT molecular complexity index is 584. The predicted molar refractivity (Wildman–Crippen MR) is 70.4 cm³/mol. The third-order valence-electron chi connectivity index (χ3n) is 2.80. The first-order valence-corrected chi connectivity index (χ1v) is 5.97. The highest BCUT2D eigenvalue weighted by Gasteiger charge is 2.07. The SMILES string of the molecule is CNCc1ccc(Oc2cc(F)ccc2F)cc1C. The van der Waals surface area contributed by atoms with E-state index in [0.717, 1.165) is 35.9 Å². The predicted octanol–water partition coefficient (Wildman–Crippen LogP) is 3.78. The van der Waals surface area contributed by atoms with Gasteiger partial charge in [0.1, 0.15) is 11.6 Å². The number of halogens is 2. The van der Waals surface area contributed by atoms with Crippen LogP contribution in [0.2, 0.25) is 0 Å². The number of nitrogens with one attached hydrogen (secondary N) is 1. The molecule has 0 heterocycles. The third-order valence-corrected chi connectivity index (χ3v) is 2.80. The Labute approximate surface area is 111 Å². The van der Waals surface area contributed by atoms with Gasteiger partial charge in [0.25, 0.3) is 0 Å². The second kappa shape index (κ2) is 5.80. The van der Waals surface area contributed by atoms with E-state index in [2.05, 4.69) is 5.32 Å². The summed E-state index contributed by atoms with van der Waals surface area (Å²) in [6.45, 7) is 2.70. The average Bonchev–Trinajstić information content (AvgIpc) is 2.37. The maximum atomic E-state index is 13.5. The van der Waals surface area contributed by atoms with Crippen molar-refractivity contribution in [1.82, 2.24) is 5.32 Å². The van der Waals surface area contributed by atoms with Gasteiger partial charge in [0.2, 0.25) is 0 Å². The molecular formula is C15H15F2NO. The van der Waals surface area contributed by atoms with Gasteiger partial charge in [-0.1, -0.05) is 6.07 Å². The Morgan fingerprint density at radius 3 is 2.58 bits per heavy atom. The normalized spacial score (nSPS) is 10.5. The van der Waals surface area contributed by atoms with Crippen LogP contribution in [0.25, 0.3) is 0 Å². The van der Waals surface area contributed by atoms with Crippen LogP contribution < -0.4 is 10.1 Å². The molecule has 4 heteroatoms. The minimum Gasteiger partial charge on any atom is -0.454 e. The summed E-state index contributed by atoms with van der Waals surface area (Å²) >= 11 is 0. The Kier molecular flexibility index (Phi) is 4.12. The Morgan fingerprint density at radius 1 is 1.11 bits per heavy atom. The van der Waals surface area contributed by atoms with Gasteiger partial charge in [0, 0.05) is 12.6 Å². The van der Waals surface area contributed by atoms with E-state index in [0.29, 0.717) is 5.75 Å². The summed E-state index contributed by atoms with van der Waals surface area (Å²) in [6, 6.07) is 8.59. The molecule has 19 heavy (non-hydrogen) atoms. The van der Waals surface area contributed by atoms with Crippen molar-refractivity contribution >= 4 is 0 Å². The molecule has 0 aliphatic heterocycles. The van der Waals surface area contributed by atoms with Crippen LogP contribution in [0.1, 0.15) is 11.1 Å². The molecule has 2 aromatic rings. The van der Waals surface area contributed by atoms with Gasteiger partial charge in [-0.3, -0.25) is 0 Å². The smallest absolute Gasteiger partial charge is 0.165 e. The number of hydrogen-bond acceptors (Lipinski definition) is 2. The first-order chi connectivity index (χ1) is 9.10. The second-order valence-corrected chi connectivity index (χ2v) is 4.30. The van der Waals surface area contributed by atoms with Gasteiger partial charge in [0.05, 0.1) is 0 Å². The van der Waals surface area contributed by atoms with Crippen LogP contribution in [0.15, 0.2) is 36.4 Å². The summed E-state index contributed by atoms with van der Waals surface area (Å²) in [6.07, 6.45) is 0. The fourth-order valence-corrected chi connectivity index (χ4v) is 1.80. The van der Waals surface area contributed by atoms with E-state index in [-0.39, 0.29) is 5.75 Å². The minimum absolute atomic E-state index is 0.110. The molecule has 0 fully saturated rings. The van der Waals surface area contributed by atoms with Gasteiger partial charge in [-0.15, -0.1) is 0 Å². The molecule has 0 atom stereocenters. The van der Waals surface area contributed by atoms with Crippen LogP contribution in [0.5, 0.6) is 11.5 Å². The van der Waals surface area contributed by atoms with Crippen molar-refractivity contribution < 1.29 is 13.5 Å². The third kappa shape index (κ3) is 3.29. The van der Waals surface area contributed by atoms with Crippen LogP contribution in [0, 0.1) is 18.6 Å². The van der Waals surface area contributed by atoms with Gasteiger partial charge in [-0.2, -0.15) is 0 Å². The molecule has 2 nitrogen and oxygen atoms in total. The summed E-state index contributed by atoms with van der Waals surface area (Å²) in [7, 11) is 1.87. The molecule has 100 valence electrons. The molecule has 0 aliphatic carbocycles. The molecular weight excluding hydrogens is 248 g/mol. The maximum absolute atomic E-state index is 13.5. The molecule has 0 saturated carbocycles. The average molecular weight is 263 g/mol. The lowest BCUT2D eigenvalue weighted by atomic mass is 10.1. The summed E-state index contributed by atoms with van der Waals surface area (Å²) < 4.78 is 31.9. The summed E-state index contributed by atoms with van der Waals surface area (Å²) in [5, 5.41) is 3.06. The lowest BCUT2D eigenvalue weighted by Gasteiger charge is -2.10. The minimum atomic E-state index is -0.585. The molecule has 0 amide bonds. The summed E-state index contributed by atoms with van der Waals surface area (Å²) in [5.74, 6) is -0.735. The summed E-state index contributed by atoms with van der Waals surface area (Å²) in [4.78, 5) is 0. The van der Waals surface area contributed by atoms with Crippen LogP contribution in [0.4, 0.5) is 8.78 Å². The highest BCUT2D eigenvalue weighted by molar-refractivity contribution is 5.38. The lowest BCUT2D eigenvalue weighted by molar-refractivity contribution is 0.436. The van der Waals surface area contributed by atoms with Gasteiger partial charge in [-0.05, 0) is 49.4 Å². The molecule has 0 aromatic heterocycles. The van der Waals surface area contributed by atoms with Crippen molar-refractivity contribution in [3.05, 3.63) is 59.2 Å². The van der Waals surface area contributed by atoms with E-state index in [9.17, 15) is 8.78 Å². The van der Waals surface area contributed by atoms with Crippen molar-refractivity contribution in [2.45, 2.75) is 13.5 Å². The second-order valence-electron chi connectivity index (χ2n) is 4.30. The Hall–Kier alpha value is -1.94. The number of ether oxygens (including phenoxy) is 1. The number of aryl methyl sites for hydroxylation is 1. The van der Waals surface area contributed by atoms with Crippen molar-refractivity contribution in [2.75, 3.05) is 7.05 Å². The molecule has 0 aliphatic rings. The number of rotatable bonds is 4. The Morgan fingerprint density at radius 2 is 1.89 bits per heavy atom. The first-order valence-electron chi connectivity index (χ1n) is 5.97. The standard InChI is InChI=1S/C15H15F2NO/c1-10-7-13(5-3-11(10)9-18-2)19-15-8-12(16)4-6-14(15)17/h3-8,18H,9H2,1-2H3. The van der Waals surface area contributed by atoms with Crippen LogP contribution >= 0.6 is 0 Å². The summed E-state index contributed by atoms with van der Waals surface area (Å²) in [5.41, 5.74) is 2.17. The molecule has 0 spiro atoms. The van der Waals surface area contributed by atoms with Crippen molar-refractivity contribution in [3.63, 3.8) is 0 Å². The zero-order valence-electron chi connectivity index (χ0n) is 10.8. The zero-order valence-corrected chi connectivity index (χ0v) is 10.8. The van der Waals surface area contributed by atoms with Crippen molar-refractivity contribution in [3.8, 4) is 11.5 Å². The Balaban J connectivity index is 2.24. The number of benzene rings is 2. The molecule has 0 unspecified atom stereocenters. The van der Waals surface area contributed by atoms with E-state index >= 15 is 0 Å². The molecule has 2 rings (SSSR count). The fourth-order valence-electron chi connectivity index (χ4n) is 1.80. The van der Waals surface area contributed by atoms with E-state index < -0.39 is 11.6 Å². The molecule has 0 radical (unpaired) electrons. The van der Waals surface area contributed by atoms with E-state index in [1.165, 1.54) is 0 Å². The van der Waals surface area contributed by atoms with Crippen LogP contribution in [0.3, 0.4) is 0 Å². The molecule has 2 aromatic carbocycles. The van der Waals surface area contributed by atoms with E-state index in [4.69, 9.17) is 4.74 Å². The van der Waals surface area contributed by atoms with Gasteiger partial charge in [0.15, 0.2) is 11.6 Å². The fraction of sp³-hybridized carbons (Fsp3) is 0.200. The van der Waals surface area contributed by atoms with Crippen LogP contribution in [-0.4, -0.2) is 7.05 Å². The van der Waals surface area contributed by atoms with Gasteiger partial charge in [-0.25, -0.2) is 8.78 Å². The molecule has 0 bridgehead atoms. The lowest BCUT2D eigenvalue weighted by Crippen LogP contribution is -2.06. The van der Waals surface area contributed by atoms with Gasteiger partial charge >= 0.3 is 0 Å². The first kappa shape index (κ1) is 13.5. The molecule has 1 N–H and O–H groups in total. The zero-order chi connectivity index (χ0) is 13.8. The van der Waals surface area contributed by atoms with Crippen LogP contribution in [-0.2, 0) is 6.54 Å². The highest BCUT2D eigenvalue weighted by Crippen LogP contribution is 2.26. The van der Waals surface area contributed by atoms with E-state index in [1.807, 2.05) is 20.0 Å². The topological polar surface area (TPSA) is 21.3 Å². The number of hydrogen-bond donors (Lipinski definition) is 1. The van der Waals surface area contributed by atoms with E-state index in [1.54, 1.807) is 12.1 Å². The molecule has 0 saturated heterocycles. The quantitative estimate of drug-likeness (QED) is 0.906. The van der Waals surface area contributed by atoms with Crippen molar-refractivity contribution in [2.24, 2.45) is 0 Å². The van der Waals surface area contributed by atoms with Crippen molar-refractivity contribution in [1.29, 1.82) is 0 Å².